The van der Waals surface area contributed by atoms with Gasteiger partial charge in [0.15, 0.2) is 0 Å². The van der Waals surface area contributed by atoms with E-state index in [9.17, 15) is 0 Å². The molecule has 0 N–H and O–H groups in total. The lowest BCUT2D eigenvalue weighted by atomic mass is 10.1. The van der Waals surface area contributed by atoms with Crippen molar-refractivity contribution in [1.29, 1.82) is 0 Å². The first kappa shape index (κ1) is 11.0. The largest absolute Gasteiger partial charge is 0.376 e. The molecule has 0 aliphatic carbocycles. The highest BCUT2D eigenvalue weighted by Gasteiger charge is 2.18. The first-order valence-corrected chi connectivity index (χ1v) is 5.70. The van der Waals surface area contributed by atoms with Gasteiger partial charge in [0, 0.05) is 13.1 Å². The highest BCUT2D eigenvalue weighted by atomic mass is 16.5. The van der Waals surface area contributed by atoms with Gasteiger partial charge in [-0.3, -0.25) is 4.90 Å². The third-order valence-electron chi connectivity index (χ3n) is 2.80. The molecule has 1 saturated heterocycles. The van der Waals surface area contributed by atoms with Crippen molar-refractivity contribution in [2.45, 2.75) is 45.6 Å². The molecule has 1 atom stereocenters. The Hall–Kier alpha value is -0.0800. The molecule has 0 radical (unpaired) electrons. The third kappa shape index (κ3) is 4.10. The second-order valence-electron chi connectivity index (χ2n) is 3.88. The molecule has 1 rings (SSSR count). The Morgan fingerprint density at radius 3 is 2.85 bits per heavy atom. The number of unbranched alkanes of at least 4 members (excludes halogenated alkanes) is 2. The highest BCUT2D eigenvalue weighted by Crippen LogP contribution is 2.12. The summed E-state index contributed by atoms with van der Waals surface area (Å²) in [4.78, 5) is 2.49. The van der Waals surface area contributed by atoms with Crippen LogP contribution in [0.25, 0.3) is 0 Å². The van der Waals surface area contributed by atoms with Gasteiger partial charge in [0.05, 0.1) is 12.7 Å². The van der Waals surface area contributed by atoms with E-state index in [0.717, 1.165) is 19.7 Å². The maximum absolute atomic E-state index is 5.71. The molecule has 13 heavy (non-hydrogen) atoms. The Kier molecular flexibility index (Phi) is 5.40. The Balaban J connectivity index is 2.11. The molecule has 0 aromatic heterocycles. The predicted octanol–water partition coefficient (Wildman–Crippen LogP) is 2.29. The number of rotatable bonds is 5. The van der Waals surface area contributed by atoms with Crippen LogP contribution in [-0.4, -0.2) is 37.2 Å². The Labute approximate surface area is 82.3 Å². The summed E-state index contributed by atoms with van der Waals surface area (Å²) in [7, 11) is 0. The van der Waals surface area contributed by atoms with Crippen LogP contribution in [0.4, 0.5) is 0 Å². The van der Waals surface area contributed by atoms with Gasteiger partial charge in [0.2, 0.25) is 0 Å². The van der Waals surface area contributed by atoms with Crippen LogP contribution in [0, 0.1) is 0 Å². The quantitative estimate of drug-likeness (QED) is 0.609. The molecule has 2 nitrogen and oxygen atoms in total. The van der Waals surface area contributed by atoms with Gasteiger partial charge in [0.1, 0.15) is 0 Å². The smallest absolute Gasteiger partial charge is 0.0702 e. The second-order valence-corrected chi connectivity index (χ2v) is 3.88. The first-order chi connectivity index (χ1) is 6.36. The summed E-state index contributed by atoms with van der Waals surface area (Å²) in [5.74, 6) is 0. The van der Waals surface area contributed by atoms with Gasteiger partial charge < -0.3 is 4.74 Å². The molecule has 0 aromatic rings. The van der Waals surface area contributed by atoms with Crippen molar-refractivity contribution in [3.8, 4) is 0 Å². The van der Waals surface area contributed by atoms with Crippen LogP contribution in [0.2, 0.25) is 0 Å². The molecule has 78 valence electrons. The fourth-order valence-electron chi connectivity index (χ4n) is 1.86. The monoisotopic (exact) mass is 185 g/mol. The number of ether oxygens (including phenoxy) is 1. The number of nitrogens with zero attached hydrogens (tertiary/aromatic N) is 1. The summed E-state index contributed by atoms with van der Waals surface area (Å²) in [5.41, 5.74) is 0. The van der Waals surface area contributed by atoms with Crippen LogP contribution in [0.5, 0.6) is 0 Å². The van der Waals surface area contributed by atoms with Gasteiger partial charge in [-0.05, 0) is 13.0 Å². The van der Waals surface area contributed by atoms with E-state index in [4.69, 9.17) is 4.74 Å². The topological polar surface area (TPSA) is 12.5 Å². The minimum Gasteiger partial charge on any atom is -0.376 e. The van der Waals surface area contributed by atoms with Crippen molar-refractivity contribution < 1.29 is 4.74 Å². The van der Waals surface area contributed by atoms with Gasteiger partial charge in [-0.15, -0.1) is 0 Å². The predicted molar refractivity (Wildman–Crippen MR) is 56.0 cm³/mol. The summed E-state index contributed by atoms with van der Waals surface area (Å²) in [6, 6.07) is 0. The summed E-state index contributed by atoms with van der Waals surface area (Å²) >= 11 is 0. The van der Waals surface area contributed by atoms with Crippen molar-refractivity contribution in [1.82, 2.24) is 4.90 Å². The van der Waals surface area contributed by atoms with Crippen molar-refractivity contribution in [2.75, 3.05) is 26.2 Å². The molecule has 0 aromatic carbocycles. The van der Waals surface area contributed by atoms with E-state index < -0.39 is 0 Å². The first-order valence-electron chi connectivity index (χ1n) is 5.70. The van der Waals surface area contributed by atoms with E-state index >= 15 is 0 Å². The lowest BCUT2D eigenvalue weighted by molar-refractivity contribution is -0.0311. The van der Waals surface area contributed by atoms with E-state index in [-0.39, 0.29) is 0 Å². The van der Waals surface area contributed by atoms with E-state index in [1.807, 2.05) is 0 Å². The molecule has 1 heterocycles. The van der Waals surface area contributed by atoms with Crippen LogP contribution in [0.1, 0.15) is 39.5 Å². The van der Waals surface area contributed by atoms with Gasteiger partial charge in [-0.25, -0.2) is 0 Å². The van der Waals surface area contributed by atoms with E-state index in [2.05, 4.69) is 18.7 Å². The Morgan fingerprint density at radius 1 is 1.31 bits per heavy atom. The van der Waals surface area contributed by atoms with Crippen LogP contribution >= 0.6 is 0 Å². The molecule has 0 amide bonds. The Morgan fingerprint density at radius 2 is 2.15 bits per heavy atom. The molecule has 0 saturated carbocycles. The van der Waals surface area contributed by atoms with Gasteiger partial charge in [0.25, 0.3) is 0 Å². The van der Waals surface area contributed by atoms with E-state index in [1.54, 1.807) is 0 Å². The van der Waals surface area contributed by atoms with Gasteiger partial charge in [-0.1, -0.05) is 33.1 Å². The molecule has 2 heteroatoms. The summed E-state index contributed by atoms with van der Waals surface area (Å²) < 4.78 is 5.71. The zero-order chi connectivity index (χ0) is 9.52. The normalized spacial score (nSPS) is 24.9. The zero-order valence-electron chi connectivity index (χ0n) is 9.09. The van der Waals surface area contributed by atoms with Gasteiger partial charge in [-0.2, -0.15) is 0 Å². The SMILES string of the molecule is CCCCCC1CN(CC)CCO1. The number of likely N-dealkylation sites (N-methyl/N-ethyl adjacent to an activating group) is 1. The number of hydrogen-bond acceptors (Lipinski definition) is 2. The Bertz CT molecular complexity index is 127. The molecule has 1 aliphatic rings. The molecular weight excluding hydrogens is 162 g/mol. The summed E-state index contributed by atoms with van der Waals surface area (Å²) in [6.07, 6.45) is 5.76. The summed E-state index contributed by atoms with van der Waals surface area (Å²) in [5, 5.41) is 0. The number of morpholine rings is 1. The zero-order valence-corrected chi connectivity index (χ0v) is 9.09. The lowest BCUT2D eigenvalue weighted by Gasteiger charge is -2.32. The van der Waals surface area contributed by atoms with E-state index in [1.165, 1.54) is 32.2 Å². The van der Waals surface area contributed by atoms with E-state index in [0.29, 0.717) is 6.10 Å². The van der Waals surface area contributed by atoms with Crippen LogP contribution in [0.3, 0.4) is 0 Å². The molecular formula is C11H23NO. The van der Waals surface area contributed by atoms with Crippen molar-refractivity contribution in [3.63, 3.8) is 0 Å². The van der Waals surface area contributed by atoms with Crippen LogP contribution in [0.15, 0.2) is 0 Å². The minimum atomic E-state index is 0.514. The maximum Gasteiger partial charge on any atom is 0.0702 e. The molecule has 1 aliphatic heterocycles. The summed E-state index contributed by atoms with van der Waals surface area (Å²) in [6.45, 7) is 8.87. The number of hydrogen-bond donors (Lipinski definition) is 0. The van der Waals surface area contributed by atoms with Crippen LogP contribution in [-0.2, 0) is 4.74 Å². The fourth-order valence-corrected chi connectivity index (χ4v) is 1.86. The van der Waals surface area contributed by atoms with Crippen molar-refractivity contribution in [2.24, 2.45) is 0 Å². The lowest BCUT2D eigenvalue weighted by Crippen LogP contribution is -2.42. The van der Waals surface area contributed by atoms with Gasteiger partial charge >= 0.3 is 0 Å². The highest BCUT2D eigenvalue weighted by molar-refractivity contribution is 4.70. The minimum absolute atomic E-state index is 0.514. The molecule has 0 spiro atoms. The fraction of sp³-hybridized carbons (Fsp3) is 1.00. The molecule has 1 unspecified atom stereocenters. The third-order valence-corrected chi connectivity index (χ3v) is 2.80. The average Bonchev–Trinajstić information content (AvgIpc) is 2.19. The molecule has 0 bridgehead atoms. The van der Waals surface area contributed by atoms with Crippen molar-refractivity contribution >= 4 is 0 Å². The maximum atomic E-state index is 5.71. The average molecular weight is 185 g/mol. The standard InChI is InChI=1S/C11H23NO/c1-3-5-6-7-11-10-12(4-2)8-9-13-11/h11H,3-10H2,1-2H3. The van der Waals surface area contributed by atoms with Crippen LogP contribution < -0.4 is 0 Å². The molecule has 1 fully saturated rings. The second kappa shape index (κ2) is 6.39. The van der Waals surface area contributed by atoms with Crippen molar-refractivity contribution in [3.05, 3.63) is 0 Å².